The lowest BCUT2D eigenvalue weighted by Gasteiger charge is -2.58. The van der Waals surface area contributed by atoms with Gasteiger partial charge in [0.2, 0.25) is 0 Å². The SMILES string of the molecule is C[C@]12CC[C@H]3[C@@H](CCC4=CC5(CC[C@@]43C)OCCO5)[C@@H]1CC[C@H]2O. The molecular formula is C21H32O3. The average molecular weight is 332 g/mol. The van der Waals surface area contributed by atoms with Gasteiger partial charge in [-0.3, -0.25) is 0 Å². The van der Waals surface area contributed by atoms with Crippen LogP contribution in [0.1, 0.15) is 65.2 Å². The molecule has 1 N–H and O–H groups in total. The second-order valence-electron chi connectivity index (χ2n) is 9.65. The molecular weight excluding hydrogens is 300 g/mol. The van der Waals surface area contributed by atoms with Crippen LogP contribution in [0, 0.1) is 28.6 Å². The van der Waals surface area contributed by atoms with Gasteiger partial charge in [-0.1, -0.05) is 19.4 Å². The summed E-state index contributed by atoms with van der Waals surface area (Å²) in [4.78, 5) is 0. The number of hydrogen-bond acceptors (Lipinski definition) is 3. The molecule has 4 aliphatic carbocycles. The molecule has 3 nitrogen and oxygen atoms in total. The molecule has 1 spiro atoms. The van der Waals surface area contributed by atoms with Gasteiger partial charge in [0.1, 0.15) is 0 Å². The summed E-state index contributed by atoms with van der Waals surface area (Å²) in [6, 6.07) is 0. The fourth-order valence-corrected chi connectivity index (χ4v) is 7.35. The summed E-state index contributed by atoms with van der Waals surface area (Å²) in [6.07, 6.45) is 11.8. The van der Waals surface area contributed by atoms with E-state index in [2.05, 4.69) is 19.9 Å². The highest BCUT2D eigenvalue weighted by Crippen LogP contribution is 2.66. The Morgan fingerprint density at radius 3 is 2.54 bits per heavy atom. The number of aliphatic hydroxyl groups is 1. The summed E-state index contributed by atoms with van der Waals surface area (Å²) < 4.78 is 12.0. The number of allylic oxidation sites excluding steroid dienone is 1. The maximum absolute atomic E-state index is 10.6. The predicted molar refractivity (Wildman–Crippen MR) is 92.3 cm³/mol. The van der Waals surface area contributed by atoms with Crippen molar-refractivity contribution >= 4 is 0 Å². The Kier molecular flexibility index (Phi) is 3.35. The Hall–Kier alpha value is -0.380. The molecule has 3 saturated carbocycles. The first-order chi connectivity index (χ1) is 11.5. The van der Waals surface area contributed by atoms with E-state index < -0.39 is 5.79 Å². The van der Waals surface area contributed by atoms with Gasteiger partial charge in [-0.25, -0.2) is 0 Å². The van der Waals surface area contributed by atoms with Crippen LogP contribution in [-0.4, -0.2) is 30.2 Å². The molecule has 1 saturated heterocycles. The summed E-state index contributed by atoms with van der Waals surface area (Å²) in [5, 5.41) is 10.6. The Bertz CT molecular complexity index is 563. The topological polar surface area (TPSA) is 38.7 Å². The number of ether oxygens (including phenoxy) is 2. The molecule has 0 aromatic rings. The number of rotatable bonds is 0. The quantitative estimate of drug-likeness (QED) is 0.680. The fourth-order valence-electron chi connectivity index (χ4n) is 7.35. The maximum atomic E-state index is 10.6. The highest BCUT2D eigenvalue weighted by molar-refractivity contribution is 5.27. The van der Waals surface area contributed by atoms with Crippen LogP contribution in [0.4, 0.5) is 0 Å². The summed E-state index contributed by atoms with van der Waals surface area (Å²) in [6.45, 7) is 6.37. The van der Waals surface area contributed by atoms with Crippen LogP contribution in [0.3, 0.4) is 0 Å². The molecule has 6 atom stereocenters. The van der Waals surface area contributed by atoms with Crippen molar-refractivity contribution < 1.29 is 14.6 Å². The summed E-state index contributed by atoms with van der Waals surface area (Å²) in [5.41, 5.74) is 2.13. The van der Waals surface area contributed by atoms with E-state index in [0.29, 0.717) is 5.41 Å². The largest absolute Gasteiger partial charge is 0.393 e. The molecule has 0 aromatic carbocycles. The van der Waals surface area contributed by atoms with Crippen molar-refractivity contribution in [2.75, 3.05) is 13.2 Å². The number of hydrogen-bond donors (Lipinski definition) is 1. The molecule has 4 fully saturated rings. The van der Waals surface area contributed by atoms with Gasteiger partial charge in [0.15, 0.2) is 5.79 Å². The van der Waals surface area contributed by atoms with E-state index in [0.717, 1.165) is 43.8 Å². The fraction of sp³-hybridized carbons (Fsp3) is 0.905. The third kappa shape index (κ3) is 1.95. The average Bonchev–Trinajstić information content (AvgIpc) is 3.14. The van der Waals surface area contributed by atoms with Crippen LogP contribution in [0.5, 0.6) is 0 Å². The summed E-state index contributed by atoms with van der Waals surface area (Å²) in [7, 11) is 0. The van der Waals surface area contributed by atoms with Crippen LogP contribution in [-0.2, 0) is 9.47 Å². The first kappa shape index (κ1) is 15.8. The minimum absolute atomic E-state index is 0.0666. The summed E-state index contributed by atoms with van der Waals surface area (Å²) >= 11 is 0. The lowest BCUT2D eigenvalue weighted by molar-refractivity contribution is -0.145. The van der Waals surface area contributed by atoms with Crippen LogP contribution >= 0.6 is 0 Å². The molecule has 1 aliphatic heterocycles. The van der Waals surface area contributed by atoms with Crippen LogP contribution in [0.15, 0.2) is 11.6 Å². The molecule has 0 radical (unpaired) electrons. The Balaban J connectivity index is 1.47. The third-order valence-corrected chi connectivity index (χ3v) is 8.85. The van der Waals surface area contributed by atoms with E-state index in [4.69, 9.17) is 9.47 Å². The second kappa shape index (κ2) is 5.08. The second-order valence-corrected chi connectivity index (χ2v) is 9.65. The smallest absolute Gasteiger partial charge is 0.188 e. The van der Waals surface area contributed by atoms with Gasteiger partial charge in [-0.2, -0.15) is 0 Å². The van der Waals surface area contributed by atoms with E-state index in [-0.39, 0.29) is 11.5 Å². The van der Waals surface area contributed by atoms with Gasteiger partial charge < -0.3 is 14.6 Å². The van der Waals surface area contributed by atoms with Gasteiger partial charge in [-0.05, 0) is 79.6 Å². The van der Waals surface area contributed by atoms with Gasteiger partial charge >= 0.3 is 0 Å². The molecule has 1 heterocycles. The zero-order valence-corrected chi connectivity index (χ0v) is 15.2. The molecule has 134 valence electrons. The standard InChI is InChI=1S/C21H32O3/c1-19-9-10-21(23-11-12-24-21)13-14(19)3-4-15-16-5-6-18(22)20(16,2)8-7-17(15)19/h13,15-18,22H,3-12H2,1-2H3/t15-,16-,17-,18+,19-,20-/m0/s1. The van der Waals surface area contributed by atoms with Gasteiger partial charge in [0, 0.05) is 6.42 Å². The molecule has 5 aliphatic rings. The highest BCUT2D eigenvalue weighted by atomic mass is 16.7. The first-order valence-corrected chi connectivity index (χ1v) is 10.2. The monoisotopic (exact) mass is 332 g/mol. The van der Waals surface area contributed by atoms with Crippen molar-refractivity contribution in [3.05, 3.63) is 11.6 Å². The van der Waals surface area contributed by atoms with E-state index in [1.165, 1.54) is 38.5 Å². The van der Waals surface area contributed by atoms with Crippen molar-refractivity contribution in [1.29, 1.82) is 0 Å². The minimum atomic E-state index is -0.394. The first-order valence-electron chi connectivity index (χ1n) is 10.2. The Morgan fingerprint density at radius 2 is 1.75 bits per heavy atom. The molecule has 0 bridgehead atoms. The molecule has 0 amide bonds. The molecule has 0 aromatic heterocycles. The van der Waals surface area contributed by atoms with Gasteiger partial charge in [0.25, 0.3) is 0 Å². The Labute approximate surface area is 145 Å². The van der Waals surface area contributed by atoms with Crippen molar-refractivity contribution in [2.24, 2.45) is 28.6 Å². The third-order valence-electron chi connectivity index (χ3n) is 8.85. The molecule has 0 unspecified atom stereocenters. The maximum Gasteiger partial charge on any atom is 0.188 e. The van der Waals surface area contributed by atoms with Crippen molar-refractivity contribution in [2.45, 2.75) is 77.1 Å². The van der Waals surface area contributed by atoms with E-state index >= 15 is 0 Å². The zero-order valence-electron chi connectivity index (χ0n) is 15.2. The normalized spacial score (nSPS) is 52.5. The predicted octanol–water partition coefficient (Wildman–Crippen LogP) is 4.05. The Morgan fingerprint density at radius 1 is 0.958 bits per heavy atom. The van der Waals surface area contributed by atoms with E-state index in [9.17, 15) is 5.11 Å². The lowest BCUT2D eigenvalue weighted by atomic mass is 9.47. The van der Waals surface area contributed by atoms with Crippen molar-refractivity contribution in [3.8, 4) is 0 Å². The highest BCUT2D eigenvalue weighted by Gasteiger charge is 2.59. The van der Waals surface area contributed by atoms with Crippen molar-refractivity contribution in [3.63, 3.8) is 0 Å². The van der Waals surface area contributed by atoms with Crippen LogP contribution < -0.4 is 0 Å². The number of fused-ring (bicyclic) bond motifs is 5. The summed E-state index contributed by atoms with van der Waals surface area (Å²) in [5.74, 6) is 1.94. The van der Waals surface area contributed by atoms with Gasteiger partial charge in [-0.15, -0.1) is 0 Å². The van der Waals surface area contributed by atoms with Crippen molar-refractivity contribution in [1.82, 2.24) is 0 Å². The van der Waals surface area contributed by atoms with E-state index in [1.54, 1.807) is 5.57 Å². The van der Waals surface area contributed by atoms with E-state index in [1.807, 2.05) is 0 Å². The lowest BCUT2D eigenvalue weighted by Crippen LogP contribution is -2.52. The zero-order chi connectivity index (χ0) is 16.6. The van der Waals surface area contributed by atoms with Crippen LogP contribution in [0.2, 0.25) is 0 Å². The van der Waals surface area contributed by atoms with Gasteiger partial charge in [0.05, 0.1) is 19.3 Å². The number of aliphatic hydroxyl groups excluding tert-OH is 1. The molecule has 24 heavy (non-hydrogen) atoms. The molecule has 3 heteroatoms. The molecule has 5 rings (SSSR count). The van der Waals surface area contributed by atoms with Crippen LogP contribution in [0.25, 0.3) is 0 Å². The minimum Gasteiger partial charge on any atom is -0.393 e.